The molecule has 0 aliphatic carbocycles. The largest absolute Gasteiger partial charge is 0.492 e. The van der Waals surface area contributed by atoms with Gasteiger partial charge in [-0.2, -0.15) is 0 Å². The summed E-state index contributed by atoms with van der Waals surface area (Å²) in [7, 11) is -4.40. The van der Waals surface area contributed by atoms with Crippen molar-refractivity contribution in [3.63, 3.8) is 0 Å². The van der Waals surface area contributed by atoms with Crippen LogP contribution in [0.3, 0.4) is 0 Å². The van der Waals surface area contributed by atoms with Crippen LogP contribution >= 0.6 is 0 Å². The van der Waals surface area contributed by atoms with Gasteiger partial charge in [0.25, 0.3) is 10.0 Å². The minimum Gasteiger partial charge on any atom is -0.492 e. The average Bonchev–Trinajstić information content (AvgIpc) is 2.40. The number of halogens is 2. The number of hydrogen-bond acceptors (Lipinski definition) is 3. The van der Waals surface area contributed by atoms with Gasteiger partial charge in [-0.15, -0.1) is 0 Å². The molecule has 112 valence electrons. The molecule has 0 amide bonds. The van der Waals surface area contributed by atoms with Crippen LogP contribution in [0.4, 0.5) is 14.5 Å². The summed E-state index contributed by atoms with van der Waals surface area (Å²) in [6, 6.07) is 9.10. The Kier molecular flexibility index (Phi) is 4.42. The number of benzene rings is 2. The van der Waals surface area contributed by atoms with E-state index >= 15 is 0 Å². The van der Waals surface area contributed by atoms with Crippen LogP contribution in [0.2, 0.25) is 0 Å². The first kappa shape index (κ1) is 15.2. The van der Waals surface area contributed by atoms with Crippen molar-refractivity contribution in [2.24, 2.45) is 0 Å². The van der Waals surface area contributed by atoms with E-state index in [4.69, 9.17) is 4.74 Å². The first-order chi connectivity index (χ1) is 9.95. The highest BCUT2D eigenvalue weighted by Gasteiger charge is 2.24. The predicted molar refractivity (Wildman–Crippen MR) is 74.8 cm³/mol. The van der Waals surface area contributed by atoms with Crippen LogP contribution in [0, 0.1) is 11.6 Å². The molecular formula is C14H13F2NO3S. The maximum absolute atomic E-state index is 13.6. The number of hydrogen-bond donors (Lipinski definition) is 1. The fraction of sp³-hybridized carbons (Fsp3) is 0.143. The Hall–Kier alpha value is -2.15. The van der Waals surface area contributed by atoms with E-state index in [1.54, 1.807) is 25.1 Å². The van der Waals surface area contributed by atoms with Crippen LogP contribution in [0.25, 0.3) is 0 Å². The third kappa shape index (κ3) is 3.30. The van der Waals surface area contributed by atoms with Gasteiger partial charge in [-0.3, -0.25) is 4.72 Å². The van der Waals surface area contributed by atoms with Crippen molar-refractivity contribution in [1.29, 1.82) is 0 Å². The molecule has 2 aromatic carbocycles. The zero-order valence-corrected chi connectivity index (χ0v) is 12.0. The van der Waals surface area contributed by atoms with E-state index in [1.807, 2.05) is 0 Å². The molecule has 0 bridgehead atoms. The fourth-order valence-electron chi connectivity index (χ4n) is 1.77. The molecule has 0 radical (unpaired) electrons. The van der Waals surface area contributed by atoms with Crippen LogP contribution in [0.5, 0.6) is 5.75 Å². The van der Waals surface area contributed by atoms with Crippen molar-refractivity contribution in [2.75, 3.05) is 11.3 Å². The molecule has 4 nitrogen and oxygen atoms in total. The zero-order chi connectivity index (χ0) is 15.5. The van der Waals surface area contributed by atoms with Crippen molar-refractivity contribution in [1.82, 2.24) is 0 Å². The maximum atomic E-state index is 13.6. The van der Waals surface area contributed by atoms with E-state index in [9.17, 15) is 17.2 Å². The Morgan fingerprint density at radius 1 is 1.05 bits per heavy atom. The van der Waals surface area contributed by atoms with E-state index < -0.39 is 26.6 Å². The van der Waals surface area contributed by atoms with Gasteiger partial charge in [0.15, 0.2) is 4.90 Å². The van der Waals surface area contributed by atoms with Crippen LogP contribution in [0.15, 0.2) is 47.4 Å². The highest BCUT2D eigenvalue weighted by atomic mass is 32.2. The van der Waals surface area contributed by atoms with E-state index in [2.05, 4.69) is 4.72 Å². The lowest BCUT2D eigenvalue weighted by molar-refractivity contribution is 0.342. The Morgan fingerprint density at radius 2 is 1.67 bits per heavy atom. The molecule has 0 atom stereocenters. The van der Waals surface area contributed by atoms with Crippen LogP contribution in [-0.4, -0.2) is 15.0 Å². The molecule has 0 aliphatic rings. The highest BCUT2D eigenvalue weighted by Crippen LogP contribution is 2.28. The van der Waals surface area contributed by atoms with Crippen molar-refractivity contribution >= 4 is 15.7 Å². The summed E-state index contributed by atoms with van der Waals surface area (Å²) in [6.07, 6.45) is 0. The standard InChI is InChI=1S/C14H13F2NO3S/c1-2-20-13-9-4-3-8-12(13)17-21(18,19)14-10(15)6-5-7-11(14)16/h3-9,17H,2H2,1H3. The molecule has 2 aromatic rings. The van der Waals surface area contributed by atoms with Gasteiger partial charge >= 0.3 is 0 Å². The lowest BCUT2D eigenvalue weighted by Crippen LogP contribution is -2.17. The first-order valence-corrected chi connectivity index (χ1v) is 7.62. The molecule has 0 aromatic heterocycles. The minimum atomic E-state index is -4.40. The van der Waals surface area contributed by atoms with Gasteiger partial charge < -0.3 is 4.74 Å². The average molecular weight is 313 g/mol. The third-order valence-electron chi connectivity index (χ3n) is 2.62. The van der Waals surface area contributed by atoms with Crippen LogP contribution < -0.4 is 9.46 Å². The number of para-hydroxylation sites is 2. The maximum Gasteiger partial charge on any atom is 0.267 e. The van der Waals surface area contributed by atoms with Gasteiger partial charge in [-0.05, 0) is 31.2 Å². The fourth-order valence-corrected chi connectivity index (χ4v) is 2.98. The Balaban J connectivity index is 2.43. The molecule has 0 spiro atoms. The van der Waals surface area contributed by atoms with Crippen molar-refractivity contribution in [3.8, 4) is 5.75 Å². The molecule has 0 saturated carbocycles. The van der Waals surface area contributed by atoms with Crippen molar-refractivity contribution < 1.29 is 21.9 Å². The molecule has 0 heterocycles. The smallest absolute Gasteiger partial charge is 0.267 e. The zero-order valence-electron chi connectivity index (χ0n) is 11.1. The normalized spacial score (nSPS) is 11.2. The molecule has 21 heavy (non-hydrogen) atoms. The van der Waals surface area contributed by atoms with E-state index in [0.29, 0.717) is 6.61 Å². The lowest BCUT2D eigenvalue weighted by atomic mass is 10.3. The number of ether oxygens (including phenoxy) is 1. The summed E-state index contributed by atoms with van der Waals surface area (Å²) >= 11 is 0. The molecule has 0 saturated heterocycles. The predicted octanol–water partition coefficient (Wildman–Crippen LogP) is 3.16. The number of sulfonamides is 1. The Labute approximate surface area is 121 Å². The highest BCUT2D eigenvalue weighted by molar-refractivity contribution is 7.92. The molecule has 0 aliphatic heterocycles. The monoisotopic (exact) mass is 313 g/mol. The summed E-state index contributed by atoms with van der Waals surface area (Å²) in [5, 5.41) is 0. The number of anilines is 1. The van der Waals surface area contributed by atoms with Gasteiger partial charge in [0.1, 0.15) is 17.4 Å². The van der Waals surface area contributed by atoms with Gasteiger partial charge in [0, 0.05) is 0 Å². The summed E-state index contributed by atoms with van der Waals surface area (Å²) in [5.74, 6) is -2.03. The number of nitrogens with one attached hydrogen (secondary N) is 1. The SMILES string of the molecule is CCOc1ccccc1NS(=O)(=O)c1c(F)cccc1F. The van der Waals surface area contributed by atoms with Crippen LogP contribution in [0.1, 0.15) is 6.92 Å². The second-order valence-corrected chi connectivity index (χ2v) is 5.70. The molecule has 0 fully saturated rings. The molecule has 2 rings (SSSR count). The van der Waals surface area contributed by atoms with Gasteiger partial charge in [0.05, 0.1) is 12.3 Å². The molecule has 7 heteroatoms. The Morgan fingerprint density at radius 3 is 2.29 bits per heavy atom. The van der Waals surface area contributed by atoms with Crippen molar-refractivity contribution in [3.05, 3.63) is 54.1 Å². The Bertz CT molecular complexity index is 727. The first-order valence-electron chi connectivity index (χ1n) is 6.14. The van der Waals surface area contributed by atoms with E-state index in [0.717, 1.165) is 18.2 Å². The van der Waals surface area contributed by atoms with E-state index in [1.165, 1.54) is 6.07 Å². The summed E-state index contributed by atoms with van der Waals surface area (Å²) < 4.78 is 58.9. The van der Waals surface area contributed by atoms with Gasteiger partial charge in [-0.1, -0.05) is 18.2 Å². The summed E-state index contributed by atoms with van der Waals surface area (Å²) in [6.45, 7) is 2.06. The molecule has 0 unspecified atom stereocenters. The third-order valence-corrected chi connectivity index (χ3v) is 4.03. The second kappa shape index (κ2) is 6.09. The molecular weight excluding hydrogens is 300 g/mol. The summed E-state index contributed by atoms with van der Waals surface area (Å²) in [4.78, 5) is -1.02. The lowest BCUT2D eigenvalue weighted by Gasteiger charge is -2.13. The quantitative estimate of drug-likeness (QED) is 0.922. The van der Waals surface area contributed by atoms with Gasteiger partial charge in [-0.25, -0.2) is 17.2 Å². The molecule has 1 N–H and O–H groups in total. The second-order valence-electron chi connectivity index (χ2n) is 4.09. The van der Waals surface area contributed by atoms with E-state index in [-0.39, 0.29) is 11.4 Å². The minimum absolute atomic E-state index is 0.113. The van der Waals surface area contributed by atoms with Crippen molar-refractivity contribution in [2.45, 2.75) is 11.8 Å². The summed E-state index contributed by atoms with van der Waals surface area (Å²) in [5.41, 5.74) is 0.113. The number of rotatable bonds is 5. The van der Waals surface area contributed by atoms with Crippen LogP contribution in [-0.2, 0) is 10.0 Å². The topological polar surface area (TPSA) is 55.4 Å². The van der Waals surface area contributed by atoms with Gasteiger partial charge in [0.2, 0.25) is 0 Å².